The van der Waals surface area contributed by atoms with Crippen LogP contribution in [0.25, 0.3) is 0 Å². The van der Waals surface area contributed by atoms with Crippen LogP contribution in [0.5, 0.6) is 5.75 Å². The second kappa shape index (κ2) is 14.2. The molecule has 0 spiro atoms. The molecule has 150 valence electrons. The van der Waals surface area contributed by atoms with Crippen molar-refractivity contribution in [3.8, 4) is 5.75 Å². The lowest BCUT2D eigenvalue weighted by Crippen LogP contribution is -2.10. The lowest BCUT2D eigenvalue weighted by atomic mass is 10.0. The van der Waals surface area contributed by atoms with Gasteiger partial charge in [0.05, 0.1) is 19.8 Å². The van der Waals surface area contributed by atoms with Gasteiger partial charge in [0, 0.05) is 0 Å². The summed E-state index contributed by atoms with van der Waals surface area (Å²) in [5.41, 5.74) is 1.33. The van der Waals surface area contributed by atoms with E-state index in [0.29, 0.717) is 13.2 Å². The summed E-state index contributed by atoms with van der Waals surface area (Å²) >= 11 is 0. The Morgan fingerprint density at radius 1 is 0.846 bits per heavy atom. The van der Waals surface area contributed by atoms with E-state index in [1.807, 2.05) is 12.1 Å². The number of phosphoric acid groups is 1. The molecule has 0 heterocycles. The van der Waals surface area contributed by atoms with Crippen LogP contribution < -0.4 is 4.74 Å². The molecule has 1 rings (SSSR count). The van der Waals surface area contributed by atoms with E-state index in [1.54, 1.807) is 0 Å². The maximum absolute atomic E-state index is 10.5. The van der Waals surface area contributed by atoms with Crippen molar-refractivity contribution in [1.29, 1.82) is 0 Å². The standard InChI is InChI=1S/C19H33O6P/c1-2-3-4-5-6-7-8-9-18-10-12-19(13-11-18)24-16-14-23-15-17-25-26(20,21)22/h10-13H,2-9,14-17H2,1H3,(H2,20,21,22). The molecule has 0 atom stereocenters. The lowest BCUT2D eigenvalue weighted by molar-refractivity contribution is 0.0668. The number of unbranched alkanes of at least 4 members (excludes halogenated alkanes) is 6. The molecule has 26 heavy (non-hydrogen) atoms. The SMILES string of the molecule is CCCCCCCCCc1ccc(OCCOCCOP(=O)(O)O)cc1. The van der Waals surface area contributed by atoms with Crippen molar-refractivity contribution in [3.05, 3.63) is 29.8 Å². The topological polar surface area (TPSA) is 85.2 Å². The van der Waals surface area contributed by atoms with Crippen molar-refractivity contribution in [2.45, 2.75) is 58.3 Å². The van der Waals surface area contributed by atoms with Crippen LogP contribution in [0.15, 0.2) is 24.3 Å². The van der Waals surface area contributed by atoms with E-state index in [0.717, 1.165) is 12.2 Å². The molecule has 0 aliphatic heterocycles. The van der Waals surface area contributed by atoms with E-state index in [2.05, 4.69) is 23.6 Å². The summed E-state index contributed by atoms with van der Waals surface area (Å²) in [6, 6.07) is 8.13. The minimum absolute atomic E-state index is 0.117. The highest BCUT2D eigenvalue weighted by Crippen LogP contribution is 2.35. The third-order valence-corrected chi connectivity index (χ3v) is 4.49. The third-order valence-electron chi connectivity index (χ3n) is 3.98. The highest BCUT2D eigenvalue weighted by molar-refractivity contribution is 7.46. The first-order chi connectivity index (χ1) is 12.5. The molecule has 0 amide bonds. The lowest BCUT2D eigenvalue weighted by Gasteiger charge is -2.09. The van der Waals surface area contributed by atoms with E-state index < -0.39 is 7.82 Å². The van der Waals surface area contributed by atoms with Gasteiger partial charge in [-0.2, -0.15) is 0 Å². The van der Waals surface area contributed by atoms with Gasteiger partial charge in [0.15, 0.2) is 0 Å². The van der Waals surface area contributed by atoms with Crippen LogP contribution >= 0.6 is 7.82 Å². The van der Waals surface area contributed by atoms with Gasteiger partial charge in [0.1, 0.15) is 12.4 Å². The van der Waals surface area contributed by atoms with E-state index in [4.69, 9.17) is 19.3 Å². The maximum atomic E-state index is 10.5. The number of benzene rings is 1. The first-order valence-electron chi connectivity index (χ1n) is 9.51. The number of aryl methyl sites for hydroxylation is 1. The van der Waals surface area contributed by atoms with Crippen LogP contribution in [0, 0.1) is 0 Å². The highest BCUT2D eigenvalue weighted by Gasteiger charge is 2.12. The van der Waals surface area contributed by atoms with Crippen LogP contribution in [-0.2, 0) is 20.2 Å². The molecule has 0 saturated carbocycles. The van der Waals surface area contributed by atoms with Gasteiger partial charge in [-0.05, 0) is 30.5 Å². The van der Waals surface area contributed by atoms with Crippen molar-refractivity contribution < 1.29 is 28.3 Å². The number of phosphoric ester groups is 1. The minimum atomic E-state index is -4.40. The normalized spacial score (nSPS) is 11.7. The summed E-state index contributed by atoms with van der Waals surface area (Å²) in [7, 11) is -4.40. The van der Waals surface area contributed by atoms with E-state index in [9.17, 15) is 4.57 Å². The molecule has 6 nitrogen and oxygen atoms in total. The summed E-state index contributed by atoms with van der Waals surface area (Å²) in [5.74, 6) is 0.795. The highest BCUT2D eigenvalue weighted by atomic mass is 31.2. The number of hydrogen-bond donors (Lipinski definition) is 2. The summed E-state index contributed by atoms with van der Waals surface area (Å²) < 4.78 is 25.5. The van der Waals surface area contributed by atoms with Gasteiger partial charge in [0.25, 0.3) is 0 Å². The van der Waals surface area contributed by atoms with Gasteiger partial charge < -0.3 is 19.3 Å². The van der Waals surface area contributed by atoms with Gasteiger partial charge in [-0.3, -0.25) is 4.52 Å². The Labute approximate surface area is 157 Å². The Morgan fingerprint density at radius 2 is 1.46 bits per heavy atom. The predicted molar refractivity (Wildman–Crippen MR) is 102 cm³/mol. The maximum Gasteiger partial charge on any atom is 0.469 e. The molecule has 0 fully saturated rings. The third kappa shape index (κ3) is 13.3. The van der Waals surface area contributed by atoms with Crippen LogP contribution in [0.4, 0.5) is 0 Å². The number of ether oxygens (including phenoxy) is 2. The van der Waals surface area contributed by atoms with Crippen molar-refractivity contribution in [2.75, 3.05) is 26.4 Å². The molecule has 0 bridgehead atoms. The molecular formula is C19H33O6P. The fourth-order valence-corrected chi connectivity index (χ4v) is 2.89. The number of rotatable bonds is 16. The second-order valence-electron chi connectivity index (χ2n) is 6.30. The second-order valence-corrected chi connectivity index (χ2v) is 7.54. The zero-order valence-electron chi connectivity index (χ0n) is 15.8. The Hall–Kier alpha value is -0.910. The first kappa shape index (κ1) is 23.1. The molecule has 1 aromatic rings. The van der Waals surface area contributed by atoms with Gasteiger partial charge in [0.2, 0.25) is 0 Å². The van der Waals surface area contributed by atoms with Crippen molar-refractivity contribution in [2.24, 2.45) is 0 Å². The van der Waals surface area contributed by atoms with Crippen LogP contribution in [0.2, 0.25) is 0 Å². The minimum Gasteiger partial charge on any atom is -0.491 e. The molecule has 0 aliphatic rings. The fourth-order valence-electron chi connectivity index (χ4n) is 2.57. The molecule has 2 N–H and O–H groups in total. The molecular weight excluding hydrogens is 355 g/mol. The molecule has 7 heteroatoms. The number of hydrogen-bond acceptors (Lipinski definition) is 4. The summed E-state index contributed by atoms with van der Waals surface area (Å²) in [5, 5.41) is 0. The Morgan fingerprint density at radius 3 is 2.12 bits per heavy atom. The van der Waals surface area contributed by atoms with E-state index in [-0.39, 0.29) is 13.2 Å². The summed E-state index contributed by atoms with van der Waals surface area (Å²) in [4.78, 5) is 17.0. The fraction of sp³-hybridized carbons (Fsp3) is 0.684. The predicted octanol–water partition coefficient (Wildman–Crippen LogP) is 4.48. The molecule has 0 unspecified atom stereocenters. The van der Waals surface area contributed by atoms with Gasteiger partial charge >= 0.3 is 7.82 Å². The van der Waals surface area contributed by atoms with Crippen molar-refractivity contribution in [1.82, 2.24) is 0 Å². The quantitative estimate of drug-likeness (QED) is 0.321. The van der Waals surface area contributed by atoms with Crippen LogP contribution in [-0.4, -0.2) is 36.2 Å². The first-order valence-corrected chi connectivity index (χ1v) is 11.0. The summed E-state index contributed by atoms with van der Waals surface area (Å²) in [6.07, 6.45) is 10.3. The Kier molecular flexibility index (Phi) is 12.6. The van der Waals surface area contributed by atoms with Crippen LogP contribution in [0.1, 0.15) is 57.4 Å². The molecule has 0 saturated heterocycles. The Balaban J connectivity index is 2.03. The largest absolute Gasteiger partial charge is 0.491 e. The van der Waals surface area contributed by atoms with E-state index >= 15 is 0 Å². The van der Waals surface area contributed by atoms with Gasteiger partial charge in [-0.25, -0.2) is 4.57 Å². The average molecular weight is 388 g/mol. The zero-order valence-corrected chi connectivity index (χ0v) is 16.7. The monoisotopic (exact) mass is 388 g/mol. The Bertz CT molecular complexity index is 499. The smallest absolute Gasteiger partial charge is 0.469 e. The zero-order chi connectivity index (χ0) is 19.1. The van der Waals surface area contributed by atoms with E-state index in [1.165, 1.54) is 50.5 Å². The van der Waals surface area contributed by atoms with Crippen molar-refractivity contribution >= 4 is 7.82 Å². The molecule has 0 aromatic heterocycles. The molecule has 0 radical (unpaired) electrons. The average Bonchev–Trinajstić information content (AvgIpc) is 2.60. The summed E-state index contributed by atoms with van der Waals surface area (Å²) in [6.45, 7) is 2.94. The van der Waals surface area contributed by atoms with Crippen LogP contribution in [0.3, 0.4) is 0 Å². The van der Waals surface area contributed by atoms with Gasteiger partial charge in [-0.1, -0.05) is 57.6 Å². The van der Waals surface area contributed by atoms with Crippen molar-refractivity contribution in [3.63, 3.8) is 0 Å². The van der Waals surface area contributed by atoms with Gasteiger partial charge in [-0.15, -0.1) is 0 Å². The molecule has 1 aromatic carbocycles. The molecule has 0 aliphatic carbocycles.